The summed E-state index contributed by atoms with van der Waals surface area (Å²) in [6, 6.07) is 17.7. The number of amides is 1. The van der Waals surface area contributed by atoms with Gasteiger partial charge in [0.25, 0.3) is 5.91 Å². The number of hydrogen-bond acceptors (Lipinski definition) is 5. The Labute approximate surface area is 204 Å². The minimum absolute atomic E-state index is 0.0271. The van der Waals surface area contributed by atoms with E-state index in [1.165, 1.54) is 17.5 Å². The van der Waals surface area contributed by atoms with E-state index in [0.717, 1.165) is 34.3 Å². The second-order valence-corrected chi connectivity index (χ2v) is 9.95. The first kappa shape index (κ1) is 22.7. The molecule has 2 aliphatic rings. The number of likely N-dealkylation sites (tertiary alicyclic amines) is 1. The number of rotatable bonds is 6. The van der Waals surface area contributed by atoms with Gasteiger partial charge in [0.05, 0.1) is 16.0 Å². The van der Waals surface area contributed by atoms with E-state index in [0.29, 0.717) is 37.9 Å². The number of aromatic nitrogens is 1. The maximum atomic E-state index is 13.0. The van der Waals surface area contributed by atoms with Crippen molar-refractivity contribution in [3.63, 3.8) is 0 Å². The zero-order chi connectivity index (χ0) is 23.4. The van der Waals surface area contributed by atoms with Gasteiger partial charge in [-0.3, -0.25) is 9.78 Å². The highest BCUT2D eigenvalue weighted by atomic mass is 32.2. The zero-order valence-electron chi connectivity index (χ0n) is 19.1. The summed E-state index contributed by atoms with van der Waals surface area (Å²) in [6.45, 7) is 1.17. The van der Waals surface area contributed by atoms with Crippen LogP contribution in [0.2, 0.25) is 0 Å². The third-order valence-corrected chi connectivity index (χ3v) is 7.53. The normalized spacial score (nSPS) is 17.4. The van der Waals surface area contributed by atoms with E-state index in [1.807, 2.05) is 47.4 Å². The molecule has 1 amide bonds. The minimum atomic E-state index is -0.699. The van der Waals surface area contributed by atoms with Crippen LogP contribution in [-0.2, 0) is 0 Å². The molecule has 1 aliphatic heterocycles. The number of pyridine rings is 1. The molecule has 2 heterocycles. The molecule has 174 valence electrons. The van der Waals surface area contributed by atoms with Crippen LogP contribution in [0.4, 0.5) is 5.69 Å². The molecule has 1 aromatic heterocycles. The fraction of sp³-hybridized carbons (Fsp3) is 0.286. The smallest absolute Gasteiger partial charge is 0.253 e. The van der Waals surface area contributed by atoms with E-state index >= 15 is 0 Å². The van der Waals surface area contributed by atoms with Crippen molar-refractivity contribution >= 4 is 34.4 Å². The monoisotopic (exact) mass is 471 g/mol. The van der Waals surface area contributed by atoms with Crippen molar-refractivity contribution in [2.45, 2.75) is 42.6 Å². The molecule has 5 nitrogen and oxygen atoms in total. The molecule has 0 saturated carbocycles. The summed E-state index contributed by atoms with van der Waals surface area (Å²) in [4.78, 5) is 20.4. The fourth-order valence-corrected chi connectivity index (χ4v) is 5.44. The molecule has 3 aromatic rings. The van der Waals surface area contributed by atoms with Gasteiger partial charge in [0.2, 0.25) is 0 Å². The SMILES string of the molecule is O=C(c1ccc(NSc2cccc3cccnc23)cc1)N1CCC(O)(CC2=CC=CCC2)CC1. The number of nitrogens with zero attached hydrogens (tertiary/aromatic N) is 2. The lowest BCUT2D eigenvalue weighted by Gasteiger charge is -2.39. The molecular weight excluding hydrogens is 442 g/mol. The topological polar surface area (TPSA) is 65.5 Å². The van der Waals surface area contributed by atoms with Crippen LogP contribution in [0.25, 0.3) is 10.9 Å². The maximum absolute atomic E-state index is 13.0. The Morgan fingerprint density at radius 3 is 2.65 bits per heavy atom. The number of carbonyl (C=O) groups is 1. The van der Waals surface area contributed by atoms with Crippen LogP contribution in [0.3, 0.4) is 0 Å². The number of nitrogens with one attached hydrogen (secondary N) is 1. The summed E-state index contributed by atoms with van der Waals surface area (Å²) in [6.07, 6.45) is 12.2. The van der Waals surface area contributed by atoms with Crippen LogP contribution >= 0.6 is 11.9 Å². The van der Waals surface area contributed by atoms with E-state index in [-0.39, 0.29) is 5.91 Å². The number of hydrogen-bond donors (Lipinski definition) is 2. The van der Waals surface area contributed by atoms with Crippen molar-refractivity contribution in [1.82, 2.24) is 9.88 Å². The predicted molar refractivity (Wildman–Crippen MR) is 139 cm³/mol. The Bertz CT molecular complexity index is 1220. The lowest BCUT2D eigenvalue weighted by atomic mass is 9.83. The van der Waals surface area contributed by atoms with Crippen LogP contribution in [0.5, 0.6) is 0 Å². The van der Waals surface area contributed by atoms with Gasteiger partial charge in [-0.1, -0.05) is 42.0 Å². The average Bonchev–Trinajstić information content (AvgIpc) is 2.88. The molecule has 0 atom stereocenters. The minimum Gasteiger partial charge on any atom is -0.389 e. The summed E-state index contributed by atoms with van der Waals surface area (Å²) in [7, 11) is 0. The van der Waals surface area contributed by atoms with Crippen molar-refractivity contribution in [2.75, 3.05) is 17.8 Å². The number of carbonyl (C=O) groups excluding carboxylic acids is 1. The van der Waals surface area contributed by atoms with Gasteiger partial charge in [0, 0.05) is 35.9 Å². The van der Waals surface area contributed by atoms with E-state index in [2.05, 4.69) is 40.1 Å². The molecule has 1 aliphatic carbocycles. The summed E-state index contributed by atoms with van der Waals surface area (Å²) < 4.78 is 3.36. The third-order valence-electron chi connectivity index (χ3n) is 6.64. The van der Waals surface area contributed by atoms with Crippen molar-refractivity contribution in [2.24, 2.45) is 0 Å². The zero-order valence-corrected chi connectivity index (χ0v) is 19.9. The number of para-hydroxylation sites is 1. The Balaban J connectivity index is 1.16. The molecule has 2 aromatic carbocycles. The molecule has 0 bridgehead atoms. The highest BCUT2D eigenvalue weighted by molar-refractivity contribution is 8.00. The summed E-state index contributed by atoms with van der Waals surface area (Å²) in [5, 5.41) is 12.1. The number of fused-ring (bicyclic) bond motifs is 1. The molecule has 0 radical (unpaired) electrons. The van der Waals surface area contributed by atoms with Gasteiger partial charge in [-0.2, -0.15) is 0 Å². The summed E-state index contributed by atoms with van der Waals surface area (Å²) in [5.41, 5.74) is 3.18. The summed E-state index contributed by atoms with van der Waals surface area (Å²) >= 11 is 1.51. The van der Waals surface area contributed by atoms with Crippen molar-refractivity contribution < 1.29 is 9.90 Å². The molecule has 5 rings (SSSR count). The number of anilines is 1. The second kappa shape index (κ2) is 10.0. The third kappa shape index (κ3) is 5.18. The summed E-state index contributed by atoms with van der Waals surface area (Å²) in [5.74, 6) is 0.0271. The van der Waals surface area contributed by atoms with Gasteiger partial charge in [0.15, 0.2) is 0 Å². The van der Waals surface area contributed by atoms with Gasteiger partial charge in [-0.15, -0.1) is 0 Å². The predicted octanol–water partition coefficient (Wildman–Crippen LogP) is 5.99. The molecule has 0 unspecified atom stereocenters. The first-order chi connectivity index (χ1) is 16.6. The van der Waals surface area contributed by atoms with E-state index in [4.69, 9.17) is 0 Å². The first-order valence-electron chi connectivity index (χ1n) is 11.8. The van der Waals surface area contributed by atoms with Gasteiger partial charge in [-0.25, -0.2) is 0 Å². The van der Waals surface area contributed by atoms with Crippen LogP contribution in [-0.4, -0.2) is 39.6 Å². The lowest BCUT2D eigenvalue weighted by Crippen LogP contribution is -2.46. The maximum Gasteiger partial charge on any atom is 0.253 e. The molecule has 1 saturated heterocycles. The molecule has 2 N–H and O–H groups in total. The van der Waals surface area contributed by atoms with Crippen LogP contribution in [0, 0.1) is 0 Å². The average molecular weight is 472 g/mol. The standard InChI is InChI=1S/C28H29N3O2S/c32-27(31-18-15-28(33,16-19-31)20-21-6-2-1-3-7-21)23-11-13-24(14-12-23)30-34-25-10-4-8-22-9-5-17-29-26(22)25/h1-2,4-6,8-14,17,30,33H,3,7,15-16,18-20H2. The van der Waals surface area contributed by atoms with E-state index in [9.17, 15) is 9.90 Å². The van der Waals surface area contributed by atoms with Gasteiger partial charge in [-0.05, 0) is 80.5 Å². The van der Waals surface area contributed by atoms with Crippen molar-refractivity contribution in [3.05, 3.63) is 90.2 Å². The number of benzene rings is 2. The Kier molecular flexibility index (Phi) is 6.70. The van der Waals surface area contributed by atoms with Gasteiger partial charge >= 0.3 is 0 Å². The number of allylic oxidation sites excluding steroid dienone is 3. The van der Waals surface area contributed by atoms with E-state index in [1.54, 1.807) is 6.20 Å². The number of piperidine rings is 1. The number of aliphatic hydroxyl groups is 1. The highest BCUT2D eigenvalue weighted by Crippen LogP contribution is 2.32. The van der Waals surface area contributed by atoms with Crippen LogP contribution < -0.4 is 4.72 Å². The Morgan fingerprint density at radius 2 is 1.88 bits per heavy atom. The van der Waals surface area contributed by atoms with Crippen LogP contribution in [0.1, 0.15) is 42.5 Å². The molecule has 6 heteroatoms. The molecular formula is C28H29N3O2S. The van der Waals surface area contributed by atoms with Gasteiger partial charge in [0.1, 0.15) is 0 Å². The van der Waals surface area contributed by atoms with E-state index < -0.39 is 5.60 Å². The molecule has 0 spiro atoms. The largest absolute Gasteiger partial charge is 0.389 e. The van der Waals surface area contributed by atoms with Gasteiger partial charge < -0.3 is 14.7 Å². The quantitative estimate of drug-likeness (QED) is 0.433. The fourth-order valence-electron chi connectivity index (χ4n) is 4.66. The lowest BCUT2D eigenvalue weighted by molar-refractivity contribution is -0.0166. The van der Waals surface area contributed by atoms with Crippen LogP contribution in [0.15, 0.2) is 89.5 Å². The molecule has 34 heavy (non-hydrogen) atoms. The first-order valence-corrected chi connectivity index (χ1v) is 12.6. The highest BCUT2D eigenvalue weighted by Gasteiger charge is 2.34. The van der Waals surface area contributed by atoms with Crippen molar-refractivity contribution in [1.29, 1.82) is 0 Å². The molecule has 1 fully saturated rings. The second-order valence-electron chi connectivity index (χ2n) is 9.10. The Morgan fingerprint density at radius 1 is 1.09 bits per heavy atom. The Hall–Kier alpha value is -3.09. The van der Waals surface area contributed by atoms with Crippen molar-refractivity contribution in [3.8, 4) is 0 Å².